The van der Waals surface area contributed by atoms with Gasteiger partial charge in [0.15, 0.2) is 5.96 Å². The van der Waals surface area contributed by atoms with Crippen molar-refractivity contribution in [3.05, 3.63) is 35.4 Å². The van der Waals surface area contributed by atoms with Crippen LogP contribution in [-0.4, -0.2) is 44.1 Å². The van der Waals surface area contributed by atoms with E-state index in [1.807, 2.05) is 0 Å². The summed E-state index contributed by atoms with van der Waals surface area (Å²) in [6.45, 7) is 9.46. The van der Waals surface area contributed by atoms with Crippen LogP contribution in [-0.2, 0) is 13.0 Å². The molecule has 0 radical (unpaired) electrons. The molecule has 1 saturated heterocycles. The zero-order valence-corrected chi connectivity index (χ0v) is 18.4. The summed E-state index contributed by atoms with van der Waals surface area (Å²) < 4.78 is 0. The van der Waals surface area contributed by atoms with Crippen molar-refractivity contribution in [3.63, 3.8) is 0 Å². The molecule has 1 fully saturated rings. The summed E-state index contributed by atoms with van der Waals surface area (Å²) in [6, 6.07) is 8.59. The van der Waals surface area contributed by atoms with E-state index in [2.05, 4.69) is 60.7 Å². The molecule has 0 amide bonds. The quantitative estimate of drug-likeness (QED) is 0.372. The second-order valence-electron chi connectivity index (χ2n) is 6.78. The number of likely N-dealkylation sites (tertiary alicyclic amines) is 1. The van der Waals surface area contributed by atoms with Crippen LogP contribution >= 0.6 is 24.0 Å². The number of halogens is 1. The minimum absolute atomic E-state index is 0. The lowest BCUT2D eigenvalue weighted by Gasteiger charge is -2.29. The van der Waals surface area contributed by atoms with Crippen LogP contribution in [0.1, 0.15) is 44.2 Å². The fraction of sp³-hybridized carbons (Fsp3) is 0.650. The van der Waals surface area contributed by atoms with Gasteiger partial charge in [0.2, 0.25) is 0 Å². The number of benzene rings is 1. The third kappa shape index (κ3) is 7.94. The first-order valence-electron chi connectivity index (χ1n) is 9.50. The minimum atomic E-state index is 0. The van der Waals surface area contributed by atoms with E-state index in [0.717, 1.165) is 37.9 Å². The van der Waals surface area contributed by atoms with Crippen LogP contribution in [0.15, 0.2) is 29.3 Å². The van der Waals surface area contributed by atoms with Gasteiger partial charge < -0.3 is 15.5 Å². The van der Waals surface area contributed by atoms with Crippen LogP contribution in [0.2, 0.25) is 0 Å². The van der Waals surface area contributed by atoms with Gasteiger partial charge in [-0.3, -0.25) is 0 Å². The number of aliphatic imine (C=N–C) groups is 1. The molecule has 4 nitrogen and oxygen atoms in total. The van der Waals surface area contributed by atoms with Crippen LogP contribution < -0.4 is 10.6 Å². The smallest absolute Gasteiger partial charge is 0.191 e. The van der Waals surface area contributed by atoms with Crippen LogP contribution in [0.5, 0.6) is 0 Å². The van der Waals surface area contributed by atoms with Gasteiger partial charge in [-0.05, 0) is 69.8 Å². The third-order valence-corrected chi connectivity index (χ3v) is 4.93. The first-order chi connectivity index (χ1) is 11.7. The maximum absolute atomic E-state index is 4.77. The summed E-state index contributed by atoms with van der Waals surface area (Å²) in [5.74, 6) is 1.80. The molecule has 0 saturated carbocycles. The lowest BCUT2D eigenvalue weighted by atomic mass is 9.94. The van der Waals surface area contributed by atoms with E-state index in [4.69, 9.17) is 4.99 Å². The van der Waals surface area contributed by atoms with Crippen molar-refractivity contribution in [2.24, 2.45) is 10.9 Å². The molecule has 0 aliphatic carbocycles. The Morgan fingerprint density at radius 2 is 1.80 bits per heavy atom. The second-order valence-corrected chi connectivity index (χ2v) is 6.78. The number of hydrogen-bond donors (Lipinski definition) is 2. The monoisotopic (exact) mass is 458 g/mol. The van der Waals surface area contributed by atoms with Gasteiger partial charge >= 0.3 is 0 Å². The van der Waals surface area contributed by atoms with Crippen LogP contribution in [0.25, 0.3) is 0 Å². The second kappa shape index (κ2) is 12.5. The molecule has 1 aromatic rings. The normalized spacial score (nSPS) is 16.4. The summed E-state index contributed by atoms with van der Waals surface area (Å²) in [6.07, 6.45) is 4.96. The number of rotatable bonds is 7. The Kier molecular flexibility index (Phi) is 11.1. The zero-order chi connectivity index (χ0) is 17.2. The van der Waals surface area contributed by atoms with E-state index in [1.165, 1.54) is 43.5 Å². The standard InChI is InChI=1S/C20H34N4.HI/c1-4-18-8-6-7-9-19(18)16-23-20(21-5-2)22-13-10-17-11-14-24(3)15-12-17;/h6-9,17H,4-5,10-16H2,1-3H3,(H2,21,22,23);1H. The number of nitrogens with zero attached hydrogens (tertiary/aromatic N) is 2. The highest BCUT2D eigenvalue weighted by Crippen LogP contribution is 2.18. The largest absolute Gasteiger partial charge is 0.357 e. The predicted molar refractivity (Wildman–Crippen MR) is 119 cm³/mol. The van der Waals surface area contributed by atoms with E-state index in [0.29, 0.717) is 0 Å². The molecule has 1 aromatic carbocycles. The minimum Gasteiger partial charge on any atom is -0.357 e. The van der Waals surface area contributed by atoms with Crippen LogP contribution in [0, 0.1) is 5.92 Å². The van der Waals surface area contributed by atoms with Gasteiger partial charge in [-0.1, -0.05) is 31.2 Å². The lowest BCUT2D eigenvalue weighted by Crippen LogP contribution is -2.39. The van der Waals surface area contributed by atoms with Crippen LogP contribution in [0.4, 0.5) is 0 Å². The topological polar surface area (TPSA) is 39.7 Å². The number of piperidine rings is 1. The molecule has 0 aromatic heterocycles. The van der Waals surface area contributed by atoms with Gasteiger partial charge in [-0.2, -0.15) is 0 Å². The van der Waals surface area contributed by atoms with E-state index in [-0.39, 0.29) is 24.0 Å². The summed E-state index contributed by atoms with van der Waals surface area (Å²) in [4.78, 5) is 7.20. The molecule has 0 spiro atoms. The zero-order valence-electron chi connectivity index (χ0n) is 16.1. The van der Waals surface area contributed by atoms with Gasteiger partial charge in [0.05, 0.1) is 6.54 Å². The molecule has 1 heterocycles. The third-order valence-electron chi connectivity index (χ3n) is 4.93. The first-order valence-corrected chi connectivity index (χ1v) is 9.50. The Bertz CT molecular complexity index is 510. The molecule has 0 bridgehead atoms. The predicted octanol–water partition coefficient (Wildman–Crippen LogP) is 3.65. The Balaban J connectivity index is 0.00000312. The Morgan fingerprint density at radius 3 is 2.44 bits per heavy atom. The summed E-state index contributed by atoms with van der Waals surface area (Å²) in [5.41, 5.74) is 2.72. The molecule has 1 aliphatic heterocycles. The molecule has 2 N–H and O–H groups in total. The molecule has 0 unspecified atom stereocenters. The average molecular weight is 458 g/mol. The van der Waals surface area contributed by atoms with Gasteiger partial charge in [-0.25, -0.2) is 4.99 Å². The SMILES string of the molecule is CCNC(=NCc1ccccc1CC)NCCC1CCN(C)CC1.I. The van der Waals surface area contributed by atoms with Crippen molar-refractivity contribution >= 4 is 29.9 Å². The van der Waals surface area contributed by atoms with E-state index < -0.39 is 0 Å². The number of guanidine groups is 1. The highest BCUT2D eigenvalue weighted by Gasteiger charge is 2.16. The highest BCUT2D eigenvalue weighted by atomic mass is 127. The summed E-state index contributed by atoms with van der Waals surface area (Å²) >= 11 is 0. The van der Waals surface area contributed by atoms with Gasteiger partial charge in [0.25, 0.3) is 0 Å². The van der Waals surface area contributed by atoms with Crippen molar-refractivity contribution in [2.75, 3.05) is 33.2 Å². The molecule has 5 heteroatoms. The summed E-state index contributed by atoms with van der Waals surface area (Å²) in [5, 5.41) is 6.88. The van der Waals surface area contributed by atoms with Gasteiger partial charge in [-0.15, -0.1) is 24.0 Å². The van der Waals surface area contributed by atoms with E-state index in [9.17, 15) is 0 Å². The first kappa shape index (κ1) is 22.2. The Hall–Kier alpha value is -0.820. The molecule has 0 atom stereocenters. The fourth-order valence-electron chi connectivity index (χ4n) is 3.31. The molecule has 2 rings (SSSR count). The molecule has 1 aliphatic rings. The van der Waals surface area contributed by atoms with E-state index >= 15 is 0 Å². The highest BCUT2D eigenvalue weighted by molar-refractivity contribution is 14.0. The molecule has 142 valence electrons. The van der Waals surface area contributed by atoms with Crippen molar-refractivity contribution in [2.45, 2.75) is 46.1 Å². The maximum atomic E-state index is 4.77. The molecule has 25 heavy (non-hydrogen) atoms. The maximum Gasteiger partial charge on any atom is 0.191 e. The van der Waals surface area contributed by atoms with E-state index in [1.54, 1.807) is 0 Å². The van der Waals surface area contributed by atoms with Gasteiger partial charge in [0.1, 0.15) is 0 Å². The van der Waals surface area contributed by atoms with Crippen molar-refractivity contribution in [1.29, 1.82) is 0 Å². The van der Waals surface area contributed by atoms with Crippen molar-refractivity contribution < 1.29 is 0 Å². The average Bonchev–Trinajstić information content (AvgIpc) is 2.61. The number of aryl methyl sites for hydroxylation is 1. The van der Waals surface area contributed by atoms with Crippen LogP contribution in [0.3, 0.4) is 0 Å². The fourth-order valence-corrected chi connectivity index (χ4v) is 3.31. The number of hydrogen-bond acceptors (Lipinski definition) is 2. The van der Waals surface area contributed by atoms with Gasteiger partial charge in [0, 0.05) is 13.1 Å². The summed E-state index contributed by atoms with van der Waals surface area (Å²) in [7, 11) is 2.22. The Morgan fingerprint density at radius 1 is 1.12 bits per heavy atom. The van der Waals surface area contributed by atoms with Crippen molar-refractivity contribution in [3.8, 4) is 0 Å². The molecular formula is C20H35IN4. The molecular weight excluding hydrogens is 423 g/mol. The Labute approximate surface area is 170 Å². The lowest BCUT2D eigenvalue weighted by molar-refractivity contribution is 0.213. The van der Waals surface area contributed by atoms with Crippen molar-refractivity contribution in [1.82, 2.24) is 15.5 Å². The number of nitrogens with one attached hydrogen (secondary N) is 2.